The van der Waals surface area contributed by atoms with Crippen LogP contribution in [0.2, 0.25) is 0 Å². The van der Waals surface area contributed by atoms with Crippen molar-refractivity contribution in [3.8, 4) is 5.75 Å². The molecule has 0 aromatic heterocycles. The molecule has 3 heteroatoms. The third kappa shape index (κ3) is 2.03. The van der Waals surface area contributed by atoms with Crippen molar-refractivity contribution < 1.29 is 9.53 Å². The van der Waals surface area contributed by atoms with Crippen LogP contribution in [0.4, 0.5) is 0 Å². The molecule has 1 fully saturated rings. The minimum atomic E-state index is -0.180. The lowest BCUT2D eigenvalue weighted by atomic mass is 9.82. The quantitative estimate of drug-likeness (QED) is 0.788. The molecular weight excluding hydrogens is 202 g/mol. The number of nitrogens with one attached hydrogen (secondary N) is 1. The second-order valence-corrected chi connectivity index (χ2v) is 4.43. The molecule has 1 saturated heterocycles. The lowest BCUT2D eigenvalue weighted by Crippen LogP contribution is -2.56. The minimum Gasteiger partial charge on any atom is -0.494 e. The molecule has 1 unspecified atom stereocenters. The van der Waals surface area contributed by atoms with Gasteiger partial charge >= 0.3 is 0 Å². The number of ether oxygens (including phenoxy) is 1. The van der Waals surface area contributed by atoms with Gasteiger partial charge in [-0.05, 0) is 31.0 Å². The van der Waals surface area contributed by atoms with Gasteiger partial charge < -0.3 is 10.1 Å². The van der Waals surface area contributed by atoms with E-state index in [-0.39, 0.29) is 11.4 Å². The first-order chi connectivity index (χ1) is 7.64. The van der Waals surface area contributed by atoms with Gasteiger partial charge in [-0.2, -0.15) is 0 Å². The van der Waals surface area contributed by atoms with Crippen LogP contribution < -0.4 is 10.1 Å². The summed E-state index contributed by atoms with van der Waals surface area (Å²) in [5.41, 5.74) is 0.955. The molecule has 1 aromatic carbocycles. The van der Waals surface area contributed by atoms with E-state index in [1.54, 1.807) is 0 Å². The van der Waals surface area contributed by atoms with Crippen LogP contribution in [0.5, 0.6) is 5.75 Å². The second-order valence-electron chi connectivity index (χ2n) is 4.43. The topological polar surface area (TPSA) is 38.3 Å². The highest BCUT2D eigenvalue weighted by Gasteiger charge is 2.39. The number of carbonyl (C=O) groups is 1. The zero-order chi connectivity index (χ0) is 11.6. The fraction of sp³-hybridized carbons (Fsp3) is 0.462. The van der Waals surface area contributed by atoms with Gasteiger partial charge in [0.15, 0.2) is 0 Å². The zero-order valence-corrected chi connectivity index (χ0v) is 9.75. The Bertz CT molecular complexity index is 375. The van der Waals surface area contributed by atoms with Crippen LogP contribution in [-0.2, 0) is 10.3 Å². The highest BCUT2D eigenvalue weighted by atomic mass is 16.5. The summed E-state index contributed by atoms with van der Waals surface area (Å²) < 4.78 is 5.51. The number of benzene rings is 1. The summed E-state index contributed by atoms with van der Waals surface area (Å²) in [6.45, 7) is 4.86. The monoisotopic (exact) mass is 219 g/mol. The number of carbonyl (C=O) groups excluding carboxylic acids is 1. The van der Waals surface area contributed by atoms with Crippen LogP contribution in [0.25, 0.3) is 0 Å². The Kier molecular flexibility index (Phi) is 2.86. The van der Waals surface area contributed by atoms with E-state index in [9.17, 15) is 4.79 Å². The molecule has 1 heterocycles. The van der Waals surface area contributed by atoms with E-state index in [2.05, 4.69) is 12.2 Å². The van der Waals surface area contributed by atoms with E-state index in [1.807, 2.05) is 31.2 Å². The molecule has 0 saturated carbocycles. The van der Waals surface area contributed by atoms with Gasteiger partial charge in [0.25, 0.3) is 0 Å². The van der Waals surface area contributed by atoms with Crippen molar-refractivity contribution in [2.75, 3.05) is 6.61 Å². The fourth-order valence-electron chi connectivity index (χ4n) is 1.92. The number of amides is 1. The Morgan fingerprint density at radius 1 is 1.38 bits per heavy atom. The van der Waals surface area contributed by atoms with Crippen LogP contribution in [0, 0.1) is 0 Å². The normalized spacial score (nSPS) is 23.5. The molecule has 1 aromatic rings. The predicted molar refractivity (Wildman–Crippen MR) is 62.3 cm³/mol. The maximum Gasteiger partial charge on any atom is 0.223 e. The minimum absolute atomic E-state index is 0.119. The molecule has 1 N–H and O–H groups in total. The van der Waals surface area contributed by atoms with Gasteiger partial charge in [0, 0.05) is 0 Å². The molecule has 16 heavy (non-hydrogen) atoms. The molecule has 0 spiro atoms. The zero-order valence-electron chi connectivity index (χ0n) is 9.75. The highest BCUT2D eigenvalue weighted by molar-refractivity contribution is 5.85. The van der Waals surface area contributed by atoms with E-state index < -0.39 is 0 Å². The average Bonchev–Trinajstić information content (AvgIpc) is 2.25. The maximum absolute atomic E-state index is 11.0. The number of β-lactam (4-membered cyclic amide) rings is 1. The second kappa shape index (κ2) is 4.16. The molecule has 0 radical (unpaired) electrons. The summed E-state index contributed by atoms with van der Waals surface area (Å²) >= 11 is 0. The van der Waals surface area contributed by atoms with Gasteiger partial charge in [0.2, 0.25) is 5.91 Å². The summed E-state index contributed by atoms with van der Waals surface area (Å²) in [4.78, 5) is 11.0. The van der Waals surface area contributed by atoms with Gasteiger partial charge in [-0.25, -0.2) is 0 Å². The van der Waals surface area contributed by atoms with E-state index in [4.69, 9.17) is 4.74 Å². The van der Waals surface area contributed by atoms with Gasteiger partial charge in [-0.15, -0.1) is 0 Å². The third-order valence-corrected chi connectivity index (χ3v) is 2.89. The Labute approximate surface area is 95.8 Å². The number of hydrogen-bond acceptors (Lipinski definition) is 2. The van der Waals surface area contributed by atoms with Crippen molar-refractivity contribution in [2.45, 2.75) is 32.2 Å². The van der Waals surface area contributed by atoms with Crippen LogP contribution in [0.3, 0.4) is 0 Å². The molecule has 1 atom stereocenters. The maximum atomic E-state index is 11.0. The van der Waals surface area contributed by atoms with E-state index in [1.165, 1.54) is 0 Å². The first-order valence-corrected chi connectivity index (χ1v) is 5.68. The van der Waals surface area contributed by atoms with E-state index in [0.717, 1.165) is 24.3 Å². The molecule has 0 aliphatic carbocycles. The highest BCUT2D eigenvalue weighted by Crippen LogP contribution is 2.32. The Morgan fingerprint density at radius 2 is 2.00 bits per heavy atom. The standard InChI is InChI=1S/C13H17NO2/c1-3-8-16-11-6-4-10(5-7-11)13(2)9-12(15)14-13/h4-7H,3,8-9H2,1-2H3,(H,14,15). The number of rotatable bonds is 4. The van der Waals surface area contributed by atoms with Crippen molar-refractivity contribution in [2.24, 2.45) is 0 Å². The van der Waals surface area contributed by atoms with Gasteiger partial charge in [-0.1, -0.05) is 19.1 Å². The largest absolute Gasteiger partial charge is 0.494 e. The summed E-state index contributed by atoms with van der Waals surface area (Å²) in [5.74, 6) is 1.01. The smallest absolute Gasteiger partial charge is 0.223 e. The van der Waals surface area contributed by atoms with Crippen molar-refractivity contribution >= 4 is 5.91 Å². The Hall–Kier alpha value is -1.51. The van der Waals surface area contributed by atoms with E-state index in [0.29, 0.717) is 6.42 Å². The Balaban J connectivity index is 2.05. The van der Waals surface area contributed by atoms with Crippen LogP contribution >= 0.6 is 0 Å². The van der Waals surface area contributed by atoms with Gasteiger partial charge in [0.05, 0.1) is 18.6 Å². The van der Waals surface area contributed by atoms with Crippen molar-refractivity contribution in [3.63, 3.8) is 0 Å². The SMILES string of the molecule is CCCOc1ccc(C2(C)CC(=O)N2)cc1. The molecule has 1 aliphatic heterocycles. The molecular formula is C13H17NO2. The third-order valence-electron chi connectivity index (χ3n) is 2.89. The van der Waals surface area contributed by atoms with E-state index >= 15 is 0 Å². The molecule has 1 amide bonds. The lowest BCUT2D eigenvalue weighted by molar-refractivity contribution is -0.132. The van der Waals surface area contributed by atoms with Crippen LogP contribution in [0.15, 0.2) is 24.3 Å². The summed E-state index contributed by atoms with van der Waals surface area (Å²) in [5, 5.41) is 2.92. The fourth-order valence-corrected chi connectivity index (χ4v) is 1.92. The van der Waals surface area contributed by atoms with Crippen molar-refractivity contribution in [1.29, 1.82) is 0 Å². The average molecular weight is 219 g/mol. The molecule has 86 valence electrons. The first kappa shape index (κ1) is 11.0. The molecule has 1 aliphatic rings. The molecule has 3 nitrogen and oxygen atoms in total. The molecule has 0 bridgehead atoms. The van der Waals surface area contributed by atoms with Crippen LogP contribution in [0.1, 0.15) is 32.3 Å². The summed E-state index contributed by atoms with van der Waals surface area (Å²) in [6.07, 6.45) is 1.58. The molecule has 2 rings (SSSR count). The van der Waals surface area contributed by atoms with Crippen LogP contribution in [-0.4, -0.2) is 12.5 Å². The summed E-state index contributed by atoms with van der Waals surface area (Å²) in [7, 11) is 0. The first-order valence-electron chi connectivity index (χ1n) is 5.68. The van der Waals surface area contributed by atoms with Gasteiger partial charge in [0.1, 0.15) is 5.75 Å². The van der Waals surface area contributed by atoms with Crippen molar-refractivity contribution in [3.05, 3.63) is 29.8 Å². The van der Waals surface area contributed by atoms with Gasteiger partial charge in [-0.3, -0.25) is 4.79 Å². The Morgan fingerprint density at radius 3 is 2.50 bits per heavy atom. The predicted octanol–water partition coefficient (Wildman–Crippen LogP) is 2.21. The number of hydrogen-bond donors (Lipinski definition) is 1. The lowest BCUT2D eigenvalue weighted by Gasteiger charge is -2.39. The van der Waals surface area contributed by atoms with Crippen molar-refractivity contribution in [1.82, 2.24) is 5.32 Å². The summed E-state index contributed by atoms with van der Waals surface area (Å²) in [6, 6.07) is 7.95.